The molecular formula is C28H50O7. The summed E-state index contributed by atoms with van der Waals surface area (Å²) in [5, 5.41) is 17.2. The van der Waals surface area contributed by atoms with Gasteiger partial charge in [-0.2, -0.15) is 0 Å². The zero-order valence-corrected chi connectivity index (χ0v) is 21.9. The van der Waals surface area contributed by atoms with Crippen LogP contribution in [0, 0.1) is 0 Å². The molecule has 0 unspecified atom stereocenters. The van der Waals surface area contributed by atoms with Gasteiger partial charge in [0, 0.05) is 25.7 Å². The molecule has 0 fully saturated rings. The summed E-state index contributed by atoms with van der Waals surface area (Å²) in [6, 6.07) is 0. The first-order valence-corrected chi connectivity index (χ1v) is 14.1. The fraction of sp³-hybridized carbons (Fsp3) is 0.857. The van der Waals surface area contributed by atoms with Crippen LogP contribution in [0.2, 0.25) is 0 Å². The maximum atomic E-state index is 11.8. The molecule has 0 spiro atoms. The number of ether oxygens (including phenoxy) is 1. The third-order valence-corrected chi connectivity index (χ3v) is 6.27. The SMILES string of the molecule is O=C(O)CCCCCCCCCCCCC(=O)OC(=O)CCCCCCCCCCCCC(=O)O. The number of carboxylic acids is 2. The van der Waals surface area contributed by atoms with Crippen LogP contribution in [0.25, 0.3) is 0 Å². The smallest absolute Gasteiger partial charge is 0.313 e. The van der Waals surface area contributed by atoms with Crippen LogP contribution in [0.15, 0.2) is 0 Å². The Balaban J connectivity index is 3.33. The lowest BCUT2D eigenvalue weighted by Gasteiger charge is -2.05. The van der Waals surface area contributed by atoms with Crippen LogP contribution in [0.1, 0.15) is 154 Å². The molecule has 2 N–H and O–H groups in total. The molecule has 204 valence electrons. The van der Waals surface area contributed by atoms with Gasteiger partial charge in [-0.25, -0.2) is 0 Å². The quantitative estimate of drug-likeness (QED) is 0.0716. The van der Waals surface area contributed by atoms with Crippen LogP contribution in [0.5, 0.6) is 0 Å². The Morgan fingerprint density at radius 1 is 0.343 bits per heavy atom. The Bertz CT molecular complexity index is 512. The van der Waals surface area contributed by atoms with Gasteiger partial charge >= 0.3 is 23.9 Å². The molecule has 0 aromatic heterocycles. The first-order valence-electron chi connectivity index (χ1n) is 14.1. The molecule has 0 aromatic rings. The van der Waals surface area contributed by atoms with Crippen molar-refractivity contribution in [1.29, 1.82) is 0 Å². The van der Waals surface area contributed by atoms with E-state index in [1.54, 1.807) is 0 Å². The van der Waals surface area contributed by atoms with Gasteiger partial charge in [0.1, 0.15) is 0 Å². The second-order valence-corrected chi connectivity index (χ2v) is 9.70. The molecule has 0 bridgehead atoms. The van der Waals surface area contributed by atoms with Crippen molar-refractivity contribution in [2.45, 2.75) is 154 Å². The summed E-state index contributed by atoms with van der Waals surface area (Å²) in [4.78, 5) is 44.4. The summed E-state index contributed by atoms with van der Waals surface area (Å²) in [5.74, 6) is -2.23. The maximum absolute atomic E-state index is 11.8. The second-order valence-electron chi connectivity index (χ2n) is 9.70. The summed E-state index contributed by atoms with van der Waals surface area (Å²) in [6.07, 6.45) is 21.9. The van der Waals surface area contributed by atoms with E-state index in [2.05, 4.69) is 0 Å². The Morgan fingerprint density at radius 2 is 0.543 bits per heavy atom. The van der Waals surface area contributed by atoms with E-state index in [0.29, 0.717) is 12.8 Å². The molecule has 0 aromatic carbocycles. The molecule has 0 saturated carbocycles. The maximum Gasteiger partial charge on any atom is 0.313 e. The van der Waals surface area contributed by atoms with Gasteiger partial charge in [0.2, 0.25) is 0 Å². The van der Waals surface area contributed by atoms with Crippen molar-refractivity contribution in [3.8, 4) is 0 Å². The van der Waals surface area contributed by atoms with Crippen LogP contribution < -0.4 is 0 Å². The van der Waals surface area contributed by atoms with Crippen molar-refractivity contribution >= 4 is 23.9 Å². The van der Waals surface area contributed by atoms with E-state index in [-0.39, 0.29) is 12.8 Å². The molecule has 0 amide bonds. The zero-order chi connectivity index (χ0) is 26.0. The van der Waals surface area contributed by atoms with Gasteiger partial charge < -0.3 is 14.9 Å². The lowest BCUT2D eigenvalue weighted by atomic mass is 10.1. The minimum Gasteiger partial charge on any atom is -0.481 e. The number of carboxylic acid groups (broad SMARTS) is 2. The van der Waals surface area contributed by atoms with Crippen LogP contribution in [0.3, 0.4) is 0 Å². The van der Waals surface area contributed by atoms with Gasteiger partial charge in [-0.3, -0.25) is 19.2 Å². The molecule has 0 radical (unpaired) electrons. The van der Waals surface area contributed by atoms with E-state index in [1.165, 1.54) is 25.7 Å². The third-order valence-electron chi connectivity index (χ3n) is 6.27. The Hall–Kier alpha value is -1.92. The van der Waals surface area contributed by atoms with E-state index >= 15 is 0 Å². The first kappa shape index (κ1) is 33.1. The number of unbranched alkanes of at least 4 members (excludes halogenated alkanes) is 18. The van der Waals surface area contributed by atoms with Crippen LogP contribution in [0.4, 0.5) is 0 Å². The average Bonchev–Trinajstić information content (AvgIpc) is 2.80. The van der Waals surface area contributed by atoms with Gasteiger partial charge in [0.15, 0.2) is 0 Å². The van der Waals surface area contributed by atoms with Crippen LogP contribution in [-0.2, 0) is 23.9 Å². The predicted octanol–water partition coefficient (Wildman–Crippen LogP) is 7.59. The molecule has 0 heterocycles. The monoisotopic (exact) mass is 498 g/mol. The van der Waals surface area contributed by atoms with Crippen molar-refractivity contribution in [3.63, 3.8) is 0 Å². The van der Waals surface area contributed by atoms with Crippen molar-refractivity contribution < 1.29 is 34.1 Å². The average molecular weight is 499 g/mol. The lowest BCUT2D eigenvalue weighted by Crippen LogP contribution is -2.11. The van der Waals surface area contributed by atoms with Gasteiger partial charge in [0.25, 0.3) is 0 Å². The van der Waals surface area contributed by atoms with Crippen LogP contribution in [-0.4, -0.2) is 34.1 Å². The number of aliphatic carboxylic acids is 2. The molecule has 35 heavy (non-hydrogen) atoms. The lowest BCUT2D eigenvalue weighted by molar-refractivity contribution is -0.159. The van der Waals surface area contributed by atoms with Gasteiger partial charge in [0.05, 0.1) is 0 Å². The molecule has 0 atom stereocenters. The number of hydrogen-bond acceptors (Lipinski definition) is 5. The normalized spacial score (nSPS) is 10.9. The third kappa shape index (κ3) is 28.2. The largest absolute Gasteiger partial charge is 0.481 e. The minimum atomic E-state index is -0.712. The molecule has 0 aliphatic rings. The van der Waals surface area contributed by atoms with Crippen molar-refractivity contribution in [2.75, 3.05) is 0 Å². The molecular weight excluding hydrogens is 448 g/mol. The number of carbonyl (C=O) groups excluding carboxylic acids is 2. The highest BCUT2D eigenvalue weighted by atomic mass is 16.6. The fourth-order valence-electron chi connectivity index (χ4n) is 4.15. The van der Waals surface area contributed by atoms with Gasteiger partial charge in [-0.05, 0) is 25.7 Å². The number of esters is 2. The molecule has 0 rings (SSSR count). The standard InChI is InChI=1S/C28H50O7/c29-25(30)21-17-13-9-5-1-3-7-11-15-19-23-27(33)35-28(34)24-20-16-12-8-4-2-6-10-14-18-22-26(31)32/h1-24H2,(H,29,30)(H,31,32). The summed E-state index contributed by atoms with van der Waals surface area (Å²) >= 11 is 0. The van der Waals surface area contributed by atoms with Gasteiger partial charge in [-0.15, -0.1) is 0 Å². The van der Waals surface area contributed by atoms with E-state index in [1.807, 2.05) is 0 Å². The molecule has 0 saturated heterocycles. The highest BCUT2D eigenvalue weighted by Gasteiger charge is 2.10. The van der Waals surface area contributed by atoms with Crippen molar-refractivity contribution in [3.05, 3.63) is 0 Å². The summed E-state index contributed by atoms with van der Waals surface area (Å²) in [6.45, 7) is 0. The van der Waals surface area contributed by atoms with Gasteiger partial charge in [-0.1, -0.05) is 103 Å². The number of carbonyl (C=O) groups is 4. The van der Waals surface area contributed by atoms with Crippen molar-refractivity contribution in [2.24, 2.45) is 0 Å². The van der Waals surface area contributed by atoms with Crippen molar-refractivity contribution in [1.82, 2.24) is 0 Å². The minimum absolute atomic E-state index is 0.274. The highest BCUT2D eigenvalue weighted by molar-refractivity contribution is 5.85. The first-order chi connectivity index (χ1) is 16.9. The second kappa shape index (κ2) is 25.2. The van der Waals surface area contributed by atoms with E-state index in [0.717, 1.165) is 103 Å². The topological polar surface area (TPSA) is 118 Å². The number of hydrogen-bond donors (Lipinski definition) is 2. The Kier molecular flexibility index (Phi) is 23.8. The molecule has 0 aliphatic heterocycles. The Labute approximate surface area is 212 Å². The van der Waals surface area contributed by atoms with E-state index < -0.39 is 23.9 Å². The Morgan fingerprint density at radius 3 is 0.771 bits per heavy atom. The summed E-state index contributed by atoms with van der Waals surface area (Å²) in [7, 11) is 0. The van der Waals surface area contributed by atoms with E-state index in [9.17, 15) is 19.2 Å². The summed E-state index contributed by atoms with van der Waals surface area (Å²) in [5.41, 5.74) is 0. The zero-order valence-electron chi connectivity index (χ0n) is 21.9. The fourth-order valence-corrected chi connectivity index (χ4v) is 4.15. The predicted molar refractivity (Wildman–Crippen MR) is 137 cm³/mol. The summed E-state index contributed by atoms with van der Waals surface area (Å²) < 4.78 is 4.91. The molecule has 7 nitrogen and oxygen atoms in total. The van der Waals surface area contributed by atoms with Crippen LogP contribution >= 0.6 is 0 Å². The number of rotatable bonds is 26. The molecule has 7 heteroatoms. The highest BCUT2D eigenvalue weighted by Crippen LogP contribution is 2.14. The van der Waals surface area contributed by atoms with E-state index in [4.69, 9.17) is 14.9 Å². The molecule has 0 aliphatic carbocycles.